The van der Waals surface area contributed by atoms with E-state index in [4.69, 9.17) is 9.31 Å². The van der Waals surface area contributed by atoms with Crippen molar-refractivity contribution in [1.82, 2.24) is 9.78 Å². The molecule has 23 heavy (non-hydrogen) atoms. The molecule has 2 aromatic rings. The van der Waals surface area contributed by atoms with Gasteiger partial charge in [-0.25, -0.2) is 0 Å². The maximum Gasteiger partial charge on any atom is 0.498 e. The Hall–Kier alpha value is -1.59. The van der Waals surface area contributed by atoms with E-state index in [1.165, 1.54) is 11.1 Å². The van der Waals surface area contributed by atoms with Gasteiger partial charge in [-0.3, -0.25) is 4.68 Å². The minimum atomic E-state index is -0.351. The van der Waals surface area contributed by atoms with Gasteiger partial charge in [0.25, 0.3) is 0 Å². The van der Waals surface area contributed by atoms with E-state index in [1.807, 2.05) is 17.1 Å². The van der Waals surface area contributed by atoms with Gasteiger partial charge >= 0.3 is 7.12 Å². The van der Waals surface area contributed by atoms with Crippen molar-refractivity contribution in [3.8, 4) is 0 Å². The molecule has 1 fully saturated rings. The molecular weight excluding hydrogens is 287 g/mol. The lowest BCUT2D eigenvalue weighted by Gasteiger charge is -2.32. The van der Waals surface area contributed by atoms with Crippen LogP contribution in [0.15, 0.2) is 36.7 Å². The molecular formula is C18H25BN2O2. The van der Waals surface area contributed by atoms with Gasteiger partial charge in [0.05, 0.1) is 17.7 Å². The van der Waals surface area contributed by atoms with Crippen molar-refractivity contribution in [2.45, 2.75) is 58.8 Å². The molecule has 1 aliphatic heterocycles. The van der Waals surface area contributed by atoms with Crippen molar-refractivity contribution in [3.05, 3.63) is 47.8 Å². The van der Waals surface area contributed by atoms with Crippen LogP contribution in [0.3, 0.4) is 0 Å². The van der Waals surface area contributed by atoms with Crippen LogP contribution in [-0.2, 0) is 22.3 Å². The third-order valence-corrected chi connectivity index (χ3v) is 4.95. The van der Waals surface area contributed by atoms with Crippen LogP contribution in [0, 0.1) is 0 Å². The average Bonchev–Trinajstić information content (AvgIpc) is 3.03. The van der Waals surface area contributed by atoms with Crippen LogP contribution in [0.5, 0.6) is 0 Å². The standard InChI is InChI=1S/C18H25BN2O2/c1-6-14-7-9-15(10-8-14)12-21-13-16(11-20-21)19-22-17(2,3)18(4,5)23-19/h7-11,13H,6,12H2,1-5H3. The van der Waals surface area contributed by atoms with E-state index >= 15 is 0 Å². The quantitative estimate of drug-likeness (QED) is 0.815. The number of aromatic nitrogens is 2. The predicted octanol–water partition coefficient (Wildman–Crippen LogP) is 2.79. The van der Waals surface area contributed by atoms with Crippen molar-refractivity contribution in [1.29, 1.82) is 0 Å². The summed E-state index contributed by atoms with van der Waals surface area (Å²) in [7, 11) is -0.351. The molecule has 0 unspecified atom stereocenters. The number of rotatable bonds is 4. The second-order valence-corrected chi connectivity index (χ2v) is 7.23. The molecule has 0 atom stereocenters. The maximum atomic E-state index is 6.07. The van der Waals surface area contributed by atoms with Crippen LogP contribution >= 0.6 is 0 Å². The molecule has 122 valence electrons. The maximum absolute atomic E-state index is 6.07. The van der Waals surface area contributed by atoms with Crippen LogP contribution < -0.4 is 5.46 Å². The fraction of sp³-hybridized carbons (Fsp3) is 0.500. The highest BCUT2D eigenvalue weighted by molar-refractivity contribution is 6.61. The second kappa shape index (κ2) is 5.80. The molecule has 0 spiro atoms. The van der Waals surface area contributed by atoms with Gasteiger partial charge in [-0.1, -0.05) is 31.2 Å². The van der Waals surface area contributed by atoms with Gasteiger partial charge in [0.2, 0.25) is 0 Å². The summed E-state index contributed by atoms with van der Waals surface area (Å²) in [6.07, 6.45) is 4.91. The number of benzene rings is 1. The normalized spacial score (nSPS) is 19.3. The van der Waals surface area contributed by atoms with E-state index in [9.17, 15) is 0 Å². The van der Waals surface area contributed by atoms with E-state index in [0.29, 0.717) is 0 Å². The Bertz CT molecular complexity index is 661. The molecule has 1 aromatic heterocycles. The summed E-state index contributed by atoms with van der Waals surface area (Å²) >= 11 is 0. The molecule has 5 heteroatoms. The summed E-state index contributed by atoms with van der Waals surface area (Å²) in [4.78, 5) is 0. The van der Waals surface area contributed by atoms with Gasteiger partial charge in [-0.05, 0) is 45.2 Å². The van der Waals surface area contributed by atoms with Crippen LogP contribution in [-0.4, -0.2) is 28.1 Å². The monoisotopic (exact) mass is 312 g/mol. The second-order valence-electron chi connectivity index (χ2n) is 7.23. The van der Waals surface area contributed by atoms with Crippen LogP contribution in [0.2, 0.25) is 0 Å². The summed E-state index contributed by atoms with van der Waals surface area (Å²) in [6, 6.07) is 8.67. The van der Waals surface area contributed by atoms with Crippen LogP contribution in [0.25, 0.3) is 0 Å². The lowest BCUT2D eigenvalue weighted by Crippen LogP contribution is -2.41. The van der Waals surface area contributed by atoms with Crippen molar-refractivity contribution < 1.29 is 9.31 Å². The zero-order valence-corrected chi connectivity index (χ0v) is 14.7. The van der Waals surface area contributed by atoms with Crippen molar-refractivity contribution in [2.75, 3.05) is 0 Å². The summed E-state index contributed by atoms with van der Waals surface area (Å²) < 4.78 is 14.1. The SMILES string of the molecule is CCc1ccc(Cn2cc(B3OC(C)(C)C(C)(C)O3)cn2)cc1. The largest absolute Gasteiger partial charge is 0.498 e. The first kappa shape index (κ1) is 16.3. The third kappa shape index (κ3) is 3.21. The summed E-state index contributed by atoms with van der Waals surface area (Å²) in [5.41, 5.74) is 2.91. The number of aryl methyl sites for hydroxylation is 1. The van der Waals surface area contributed by atoms with Gasteiger partial charge in [0, 0.05) is 17.9 Å². The molecule has 1 aromatic carbocycles. The lowest BCUT2D eigenvalue weighted by molar-refractivity contribution is 0.00578. The summed E-state index contributed by atoms with van der Waals surface area (Å²) in [5.74, 6) is 0. The summed E-state index contributed by atoms with van der Waals surface area (Å²) in [6.45, 7) is 11.2. The third-order valence-electron chi connectivity index (χ3n) is 4.95. The topological polar surface area (TPSA) is 36.3 Å². The minimum Gasteiger partial charge on any atom is -0.399 e. The summed E-state index contributed by atoms with van der Waals surface area (Å²) in [5, 5.41) is 4.45. The van der Waals surface area contributed by atoms with E-state index in [1.54, 1.807) is 0 Å². The highest BCUT2D eigenvalue weighted by atomic mass is 16.7. The molecule has 0 aliphatic carbocycles. The molecule has 0 saturated carbocycles. The Balaban J connectivity index is 1.71. The van der Waals surface area contributed by atoms with Gasteiger partial charge in [-0.2, -0.15) is 5.10 Å². The molecule has 0 N–H and O–H groups in total. The minimum absolute atomic E-state index is 0.324. The molecule has 3 rings (SSSR count). The van der Waals surface area contributed by atoms with Gasteiger partial charge in [0.1, 0.15) is 0 Å². The number of hydrogen-bond acceptors (Lipinski definition) is 3. The molecule has 4 nitrogen and oxygen atoms in total. The van der Waals surface area contributed by atoms with Gasteiger partial charge in [-0.15, -0.1) is 0 Å². The molecule has 0 bridgehead atoms. The highest BCUT2D eigenvalue weighted by Crippen LogP contribution is 2.36. The zero-order valence-electron chi connectivity index (χ0n) is 14.7. The molecule has 1 aliphatic rings. The van der Waals surface area contributed by atoms with Gasteiger partial charge < -0.3 is 9.31 Å². The van der Waals surface area contributed by atoms with Crippen LogP contribution in [0.1, 0.15) is 45.7 Å². The predicted molar refractivity (Wildman–Crippen MR) is 92.9 cm³/mol. The first-order chi connectivity index (χ1) is 10.8. The molecule has 0 radical (unpaired) electrons. The van der Waals surface area contributed by atoms with Crippen molar-refractivity contribution in [3.63, 3.8) is 0 Å². The molecule has 1 saturated heterocycles. The Morgan fingerprint density at radius 2 is 1.57 bits per heavy atom. The van der Waals surface area contributed by atoms with E-state index in [0.717, 1.165) is 18.4 Å². The molecule has 0 amide bonds. The Kier molecular flexibility index (Phi) is 4.11. The van der Waals surface area contributed by atoms with Crippen molar-refractivity contribution >= 4 is 12.6 Å². The fourth-order valence-corrected chi connectivity index (χ4v) is 2.63. The smallest absolute Gasteiger partial charge is 0.399 e. The van der Waals surface area contributed by atoms with E-state index < -0.39 is 0 Å². The van der Waals surface area contributed by atoms with Crippen molar-refractivity contribution in [2.24, 2.45) is 0 Å². The highest BCUT2D eigenvalue weighted by Gasteiger charge is 2.52. The van der Waals surface area contributed by atoms with Crippen LogP contribution in [0.4, 0.5) is 0 Å². The molecule has 2 heterocycles. The zero-order chi connectivity index (χ0) is 16.7. The lowest BCUT2D eigenvalue weighted by atomic mass is 9.82. The Morgan fingerprint density at radius 3 is 2.13 bits per heavy atom. The Morgan fingerprint density at radius 1 is 1.00 bits per heavy atom. The van der Waals surface area contributed by atoms with Gasteiger partial charge in [0.15, 0.2) is 0 Å². The first-order valence-electron chi connectivity index (χ1n) is 8.26. The first-order valence-corrected chi connectivity index (χ1v) is 8.26. The average molecular weight is 312 g/mol. The number of hydrogen-bond donors (Lipinski definition) is 0. The van der Waals surface area contributed by atoms with E-state index in [-0.39, 0.29) is 18.3 Å². The Labute approximate surface area is 138 Å². The van der Waals surface area contributed by atoms with E-state index in [2.05, 4.69) is 64.0 Å². The number of nitrogens with zero attached hydrogens (tertiary/aromatic N) is 2. The fourth-order valence-electron chi connectivity index (χ4n) is 2.63.